The van der Waals surface area contributed by atoms with Gasteiger partial charge in [-0.15, -0.1) is 0 Å². The number of phenols is 1. The summed E-state index contributed by atoms with van der Waals surface area (Å²) in [6, 6.07) is 4.62. The third-order valence-electron chi connectivity index (χ3n) is 2.54. The van der Waals surface area contributed by atoms with E-state index in [2.05, 4.69) is 0 Å². The van der Waals surface area contributed by atoms with E-state index in [0.717, 1.165) is 0 Å². The van der Waals surface area contributed by atoms with Crippen LogP contribution in [0.25, 0.3) is 0 Å². The van der Waals surface area contributed by atoms with Gasteiger partial charge >= 0.3 is 0 Å². The molecule has 18 heavy (non-hydrogen) atoms. The average molecular weight is 254 g/mol. The maximum Gasteiger partial charge on any atom is 0.227 e. The van der Waals surface area contributed by atoms with Crippen LogP contribution in [-0.4, -0.2) is 52.4 Å². The second-order valence-corrected chi connectivity index (χ2v) is 3.90. The molecule has 6 nitrogen and oxygen atoms in total. The lowest BCUT2D eigenvalue weighted by Crippen LogP contribution is -2.36. The molecule has 6 heteroatoms. The van der Waals surface area contributed by atoms with Crippen LogP contribution < -0.4 is 5.73 Å². The fourth-order valence-electron chi connectivity index (χ4n) is 1.59. The summed E-state index contributed by atoms with van der Waals surface area (Å²) in [5.41, 5.74) is 6.35. The number of aliphatic hydroxyl groups excluding tert-OH is 2. The number of aliphatic hydroxyl groups is 2. The zero-order valence-corrected chi connectivity index (χ0v) is 10.0. The summed E-state index contributed by atoms with van der Waals surface area (Å²) in [4.78, 5) is 13.2. The Morgan fingerprint density at radius 2 is 1.83 bits per heavy atom. The number of benzene rings is 1. The first-order chi connectivity index (χ1) is 8.58. The lowest BCUT2D eigenvalue weighted by atomic mass is 10.1. The predicted molar refractivity (Wildman–Crippen MR) is 67.0 cm³/mol. The van der Waals surface area contributed by atoms with E-state index in [4.69, 9.17) is 15.9 Å². The zero-order valence-electron chi connectivity index (χ0n) is 10.0. The Morgan fingerprint density at radius 3 is 2.33 bits per heavy atom. The smallest absolute Gasteiger partial charge is 0.227 e. The van der Waals surface area contributed by atoms with E-state index in [-0.39, 0.29) is 50.1 Å². The van der Waals surface area contributed by atoms with Gasteiger partial charge in [0.25, 0.3) is 0 Å². The summed E-state index contributed by atoms with van der Waals surface area (Å²) in [6.45, 7) is 0.0537. The number of hydrogen-bond acceptors (Lipinski definition) is 5. The third-order valence-corrected chi connectivity index (χ3v) is 2.54. The summed E-state index contributed by atoms with van der Waals surface area (Å²) < 4.78 is 0. The summed E-state index contributed by atoms with van der Waals surface area (Å²) in [5, 5.41) is 27.1. The van der Waals surface area contributed by atoms with Gasteiger partial charge in [-0.25, -0.2) is 0 Å². The number of nitrogens with zero attached hydrogens (tertiary/aromatic N) is 1. The number of nitrogens with two attached hydrogens (primary N) is 1. The van der Waals surface area contributed by atoms with Crippen LogP contribution in [0.4, 0.5) is 5.69 Å². The maximum atomic E-state index is 11.9. The molecule has 0 bridgehead atoms. The first kappa shape index (κ1) is 14.3. The van der Waals surface area contributed by atoms with E-state index in [1.54, 1.807) is 6.07 Å². The Bertz CT molecular complexity index is 403. The number of rotatable bonds is 6. The lowest BCUT2D eigenvalue weighted by Gasteiger charge is -2.20. The minimum atomic E-state index is -0.220. The van der Waals surface area contributed by atoms with Crippen LogP contribution in [-0.2, 0) is 11.2 Å². The fraction of sp³-hybridized carbons (Fsp3) is 0.417. The first-order valence-corrected chi connectivity index (χ1v) is 5.65. The zero-order chi connectivity index (χ0) is 13.5. The molecule has 1 aromatic carbocycles. The molecule has 0 heterocycles. The van der Waals surface area contributed by atoms with Crippen LogP contribution in [0.1, 0.15) is 5.56 Å². The second kappa shape index (κ2) is 6.83. The van der Waals surface area contributed by atoms with Crippen LogP contribution >= 0.6 is 0 Å². The molecule has 1 amide bonds. The average Bonchev–Trinajstić information content (AvgIpc) is 2.33. The van der Waals surface area contributed by atoms with Crippen molar-refractivity contribution < 1.29 is 20.1 Å². The van der Waals surface area contributed by atoms with Gasteiger partial charge in [0.15, 0.2) is 0 Å². The Morgan fingerprint density at radius 1 is 1.22 bits per heavy atom. The molecule has 0 unspecified atom stereocenters. The molecular weight excluding hydrogens is 236 g/mol. The molecule has 0 aliphatic carbocycles. The van der Waals surface area contributed by atoms with Crippen molar-refractivity contribution in [1.29, 1.82) is 0 Å². The largest absolute Gasteiger partial charge is 0.506 e. The van der Waals surface area contributed by atoms with Gasteiger partial charge in [0, 0.05) is 13.1 Å². The van der Waals surface area contributed by atoms with Crippen LogP contribution in [0.3, 0.4) is 0 Å². The van der Waals surface area contributed by atoms with Crippen molar-refractivity contribution >= 4 is 11.6 Å². The Kier molecular flexibility index (Phi) is 5.41. The van der Waals surface area contributed by atoms with E-state index in [1.807, 2.05) is 0 Å². The van der Waals surface area contributed by atoms with E-state index in [1.165, 1.54) is 17.0 Å². The number of carbonyl (C=O) groups is 1. The van der Waals surface area contributed by atoms with Gasteiger partial charge < -0.3 is 26.0 Å². The van der Waals surface area contributed by atoms with Gasteiger partial charge in [0.2, 0.25) is 5.91 Å². The topological polar surface area (TPSA) is 107 Å². The minimum absolute atomic E-state index is 0.0591. The van der Waals surface area contributed by atoms with Gasteiger partial charge in [-0.2, -0.15) is 0 Å². The van der Waals surface area contributed by atoms with Gasteiger partial charge in [-0.3, -0.25) is 4.79 Å². The first-order valence-electron chi connectivity index (χ1n) is 5.65. The van der Waals surface area contributed by atoms with Crippen molar-refractivity contribution in [3.8, 4) is 5.75 Å². The van der Waals surface area contributed by atoms with E-state index in [0.29, 0.717) is 5.56 Å². The molecule has 0 aliphatic heterocycles. The summed E-state index contributed by atoms with van der Waals surface area (Å²) in [7, 11) is 0. The van der Waals surface area contributed by atoms with E-state index >= 15 is 0 Å². The molecule has 0 radical (unpaired) electrons. The summed E-state index contributed by atoms with van der Waals surface area (Å²) in [5.74, 6) is -0.279. The summed E-state index contributed by atoms with van der Waals surface area (Å²) >= 11 is 0. The highest BCUT2D eigenvalue weighted by Gasteiger charge is 2.13. The quantitative estimate of drug-likeness (QED) is 0.398. The van der Waals surface area contributed by atoms with Crippen molar-refractivity contribution in [2.45, 2.75) is 6.42 Å². The number of amides is 1. The molecule has 0 aromatic heterocycles. The molecule has 5 N–H and O–H groups in total. The van der Waals surface area contributed by atoms with Gasteiger partial charge in [-0.05, 0) is 17.7 Å². The van der Waals surface area contributed by atoms with Crippen LogP contribution in [0, 0.1) is 0 Å². The van der Waals surface area contributed by atoms with Crippen LogP contribution in [0.15, 0.2) is 18.2 Å². The Hall–Kier alpha value is -1.79. The van der Waals surface area contributed by atoms with Gasteiger partial charge in [0.05, 0.1) is 25.3 Å². The molecule has 0 saturated heterocycles. The fourth-order valence-corrected chi connectivity index (χ4v) is 1.59. The Balaban J connectivity index is 2.69. The predicted octanol–water partition coefficient (Wildman–Crippen LogP) is -0.670. The molecule has 0 aliphatic rings. The maximum absolute atomic E-state index is 11.9. The standard InChI is InChI=1S/C12H18N2O4/c13-10-2-1-9(7-11(10)17)8-12(18)14(3-5-15)4-6-16/h1-2,7,15-17H,3-6,8,13H2. The lowest BCUT2D eigenvalue weighted by molar-refractivity contribution is -0.131. The highest BCUT2D eigenvalue weighted by Crippen LogP contribution is 2.21. The number of aromatic hydroxyl groups is 1. The molecular formula is C12H18N2O4. The normalized spacial score (nSPS) is 10.3. The van der Waals surface area contributed by atoms with Crippen molar-refractivity contribution in [3.05, 3.63) is 23.8 Å². The molecule has 0 atom stereocenters. The van der Waals surface area contributed by atoms with Crippen molar-refractivity contribution in [1.82, 2.24) is 4.90 Å². The highest BCUT2D eigenvalue weighted by atomic mass is 16.3. The van der Waals surface area contributed by atoms with Crippen molar-refractivity contribution in [2.24, 2.45) is 0 Å². The number of anilines is 1. The minimum Gasteiger partial charge on any atom is -0.506 e. The summed E-state index contributed by atoms with van der Waals surface area (Å²) in [6.07, 6.45) is 0.0911. The number of carbonyl (C=O) groups excluding carboxylic acids is 1. The van der Waals surface area contributed by atoms with Crippen molar-refractivity contribution in [3.63, 3.8) is 0 Å². The van der Waals surface area contributed by atoms with E-state index < -0.39 is 0 Å². The van der Waals surface area contributed by atoms with Gasteiger partial charge in [0.1, 0.15) is 5.75 Å². The molecule has 0 fully saturated rings. The number of hydrogen-bond donors (Lipinski definition) is 4. The SMILES string of the molecule is Nc1ccc(CC(=O)N(CCO)CCO)cc1O. The van der Waals surface area contributed by atoms with Gasteiger partial charge in [-0.1, -0.05) is 6.07 Å². The van der Waals surface area contributed by atoms with Crippen LogP contribution in [0.5, 0.6) is 5.75 Å². The molecule has 0 spiro atoms. The highest BCUT2D eigenvalue weighted by molar-refractivity contribution is 5.79. The molecule has 1 rings (SSSR count). The number of phenolic OH excluding ortho intramolecular Hbond substituents is 1. The molecule has 0 saturated carbocycles. The molecule has 1 aromatic rings. The third kappa shape index (κ3) is 3.90. The van der Waals surface area contributed by atoms with Crippen LogP contribution in [0.2, 0.25) is 0 Å². The number of nitrogen functional groups attached to an aromatic ring is 1. The Labute approximate surface area is 105 Å². The van der Waals surface area contributed by atoms with E-state index in [9.17, 15) is 9.90 Å². The monoisotopic (exact) mass is 254 g/mol. The van der Waals surface area contributed by atoms with Crippen molar-refractivity contribution in [2.75, 3.05) is 32.0 Å². The second-order valence-electron chi connectivity index (χ2n) is 3.90. The molecule has 100 valence electrons.